The number of carbonyl (C=O) groups is 1. The molecule has 0 fully saturated rings. The van der Waals surface area contributed by atoms with Gasteiger partial charge >= 0.3 is 12.3 Å². The Morgan fingerprint density at radius 3 is 2.84 bits per heavy atom. The van der Waals surface area contributed by atoms with Crippen LogP contribution in [0.2, 0.25) is 0 Å². The van der Waals surface area contributed by atoms with Crippen LogP contribution < -0.4 is 4.74 Å². The molecule has 1 aromatic carbocycles. The van der Waals surface area contributed by atoms with Crippen LogP contribution in [0.15, 0.2) is 24.3 Å². The van der Waals surface area contributed by atoms with Crippen LogP contribution in [0.4, 0.5) is 18.0 Å². The third-order valence-electron chi connectivity index (χ3n) is 2.57. The van der Waals surface area contributed by atoms with Crippen molar-refractivity contribution in [2.24, 2.45) is 0 Å². The molecule has 1 heterocycles. The number of alkyl halides is 3. The average molecular weight is 275 g/mol. The van der Waals surface area contributed by atoms with Gasteiger partial charge in [0.1, 0.15) is 12.4 Å². The number of benzene rings is 1. The van der Waals surface area contributed by atoms with Crippen LogP contribution in [0.1, 0.15) is 5.56 Å². The lowest BCUT2D eigenvalue weighted by molar-refractivity contribution is -0.162. The minimum absolute atomic E-state index is 0.173. The van der Waals surface area contributed by atoms with Crippen LogP contribution in [0.5, 0.6) is 5.75 Å². The normalized spacial score (nSPS) is 15.2. The summed E-state index contributed by atoms with van der Waals surface area (Å²) in [5.74, 6) is 0.633. The van der Waals surface area contributed by atoms with Crippen molar-refractivity contribution in [3.05, 3.63) is 29.8 Å². The summed E-state index contributed by atoms with van der Waals surface area (Å²) in [4.78, 5) is 12.7. The number of hydrogen-bond donors (Lipinski definition) is 0. The molecule has 1 aliphatic rings. The molecule has 0 unspecified atom stereocenters. The molecule has 2 rings (SSSR count). The Labute approximate surface area is 107 Å². The average Bonchev–Trinajstić information content (AvgIpc) is 2.57. The zero-order chi connectivity index (χ0) is 13.9. The summed E-state index contributed by atoms with van der Waals surface area (Å²) in [5.41, 5.74) is 0.740. The highest BCUT2D eigenvalue weighted by Crippen LogP contribution is 2.23. The van der Waals surface area contributed by atoms with Crippen LogP contribution in [-0.2, 0) is 11.3 Å². The van der Waals surface area contributed by atoms with Crippen LogP contribution in [-0.4, -0.2) is 36.9 Å². The van der Waals surface area contributed by atoms with Crippen molar-refractivity contribution >= 4 is 6.09 Å². The van der Waals surface area contributed by atoms with Gasteiger partial charge in [0.15, 0.2) is 6.61 Å². The molecule has 7 heteroatoms. The third-order valence-corrected chi connectivity index (χ3v) is 2.57. The topological polar surface area (TPSA) is 38.8 Å². The first-order valence-electron chi connectivity index (χ1n) is 5.65. The molecule has 0 aromatic heterocycles. The number of halogens is 3. The zero-order valence-electron chi connectivity index (χ0n) is 9.94. The zero-order valence-corrected chi connectivity index (χ0v) is 9.94. The Morgan fingerprint density at radius 1 is 1.37 bits per heavy atom. The Balaban J connectivity index is 2.00. The number of rotatable bonds is 1. The number of carbonyl (C=O) groups excluding carboxylic acids is 1. The van der Waals surface area contributed by atoms with Crippen LogP contribution >= 0.6 is 0 Å². The Morgan fingerprint density at radius 2 is 2.11 bits per heavy atom. The summed E-state index contributed by atoms with van der Waals surface area (Å²) >= 11 is 0. The van der Waals surface area contributed by atoms with Crippen molar-refractivity contribution in [3.63, 3.8) is 0 Å². The highest BCUT2D eigenvalue weighted by molar-refractivity contribution is 5.68. The van der Waals surface area contributed by atoms with Crippen LogP contribution in [0, 0.1) is 0 Å². The van der Waals surface area contributed by atoms with E-state index in [1.54, 1.807) is 24.3 Å². The highest BCUT2D eigenvalue weighted by Gasteiger charge is 2.31. The first-order chi connectivity index (χ1) is 8.96. The van der Waals surface area contributed by atoms with Gasteiger partial charge < -0.3 is 14.4 Å². The molecule has 0 saturated heterocycles. The predicted molar refractivity (Wildman–Crippen MR) is 59.8 cm³/mol. The molecule has 19 heavy (non-hydrogen) atoms. The van der Waals surface area contributed by atoms with E-state index in [4.69, 9.17) is 4.74 Å². The van der Waals surface area contributed by atoms with E-state index in [-0.39, 0.29) is 19.7 Å². The standard InChI is InChI=1S/C12H12F3NO3/c13-12(14,15)8-19-11(17)16-5-6-18-10-4-2-1-3-9(10)7-16/h1-4H,5-8H2. The quantitative estimate of drug-likeness (QED) is 0.790. The first kappa shape index (κ1) is 13.5. The van der Waals surface area contributed by atoms with Gasteiger partial charge in [-0.05, 0) is 6.07 Å². The van der Waals surface area contributed by atoms with Crippen LogP contribution in [0.3, 0.4) is 0 Å². The maximum atomic E-state index is 12.0. The Bertz CT molecular complexity index is 462. The second kappa shape index (κ2) is 5.38. The van der Waals surface area contributed by atoms with Gasteiger partial charge in [-0.15, -0.1) is 0 Å². The number of fused-ring (bicyclic) bond motifs is 1. The van der Waals surface area contributed by atoms with Gasteiger partial charge in [-0.2, -0.15) is 13.2 Å². The molecule has 1 aliphatic heterocycles. The lowest BCUT2D eigenvalue weighted by atomic mass is 10.2. The second-order valence-corrected chi connectivity index (χ2v) is 4.05. The largest absolute Gasteiger partial charge is 0.491 e. The van der Waals surface area contributed by atoms with E-state index in [1.807, 2.05) is 0 Å². The van der Waals surface area contributed by atoms with E-state index in [1.165, 1.54) is 4.90 Å². The smallest absolute Gasteiger partial charge is 0.422 e. The van der Waals surface area contributed by atoms with E-state index in [9.17, 15) is 18.0 Å². The van der Waals surface area contributed by atoms with Gasteiger partial charge in [-0.3, -0.25) is 0 Å². The number of nitrogens with zero attached hydrogens (tertiary/aromatic N) is 1. The first-order valence-corrected chi connectivity index (χ1v) is 5.65. The molecule has 0 atom stereocenters. The molecule has 0 N–H and O–H groups in total. The van der Waals surface area contributed by atoms with E-state index in [2.05, 4.69) is 4.74 Å². The fourth-order valence-corrected chi connectivity index (χ4v) is 1.72. The molecule has 0 spiro atoms. The maximum Gasteiger partial charge on any atom is 0.422 e. The van der Waals surface area contributed by atoms with Gasteiger partial charge in [-0.1, -0.05) is 18.2 Å². The van der Waals surface area contributed by atoms with Crippen LogP contribution in [0.25, 0.3) is 0 Å². The van der Waals surface area contributed by atoms with Crippen molar-refractivity contribution < 1.29 is 27.4 Å². The molecule has 104 valence electrons. The van der Waals surface area contributed by atoms with Crippen molar-refractivity contribution in [2.75, 3.05) is 19.8 Å². The summed E-state index contributed by atoms with van der Waals surface area (Å²) < 4.78 is 45.6. The second-order valence-electron chi connectivity index (χ2n) is 4.05. The number of para-hydroxylation sites is 1. The minimum atomic E-state index is -4.52. The lowest BCUT2D eigenvalue weighted by Crippen LogP contribution is -2.35. The molecular formula is C12H12F3NO3. The molecule has 0 aliphatic carbocycles. The Hall–Kier alpha value is -1.92. The molecule has 1 amide bonds. The molecule has 4 nitrogen and oxygen atoms in total. The molecular weight excluding hydrogens is 263 g/mol. The van der Waals surface area contributed by atoms with Gasteiger partial charge in [0, 0.05) is 5.56 Å². The summed E-state index contributed by atoms with van der Waals surface area (Å²) in [6, 6.07) is 7.06. The molecule has 0 radical (unpaired) electrons. The van der Waals surface area contributed by atoms with E-state index >= 15 is 0 Å². The van der Waals surface area contributed by atoms with Gasteiger partial charge in [0.25, 0.3) is 0 Å². The third kappa shape index (κ3) is 3.77. The molecule has 0 bridgehead atoms. The van der Waals surface area contributed by atoms with Crippen molar-refractivity contribution in [3.8, 4) is 5.75 Å². The van der Waals surface area contributed by atoms with Gasteiger partial charge in [0.2, 0.25) is 0 Å². The maximum absolute atomic E-state index is 12.0. The molecule has 1 aromatic rings. The number of hydrogen-bond acceptors (Lipinski definition) is 3. The monoisotopic (exact) mass is 275 g/mol. The van der Waals surface area contributed by atoms with Crippen molar-refractivity contribution in [1.82, 2.24) is 4.90 Å². The SMILES string of the molecule is O=C(OCC(F)(F)F)N1CCOc2ccccc2C1. The number of ether oxygens (including phenoxy) is 2. The highest BCUT2D eigenvalue weighted by atomic mass is 19.4. The summed E-state index contributed by atoms with van der Waals surface area (Å²) in [6.45, 7) is -0.999. The van der Waals surface area contributed by atoms with Crippen molar-refractivity contribution in [2.45, 2.75) is 12.7 Å². The fraction of sp³-hybridized carbons (Fsp3) is 0.417. The minimum Gasteiger partial charge on any atom is -0.491 e. The van der Waals surface area contributed by atoms with E-state index < -0.39 is 18.9 Å². The van der Waals surface area contributed by atoms with Gasteiger partial charge in [-0.25, -0.2) is 4.79 Å². The van der Waals surface area contributed by atoms with Crippen molar-refractivity contribution in [1.29, 1.82) is 0 Å². The summed E-state index contributed by atoms with van der Waals surface area (Å²) in [6.07, 6.45) is -5.51. The predicted octanol–water partition coefficient (Wildman–Crippen LogP) is 2.58. The Kier molecular flexibility index (Phi) is 3.82. The molecule has 0 saturated carbocycles. The summed E-state index contributed by atoms with van der Waals surface area (Å²) in [7, 11) is 0. The lowest BCUT2D eigenvalue weighted by Gasteiger charge is -2.19. The van der Waals surface area contributed by atoms with E-state index in [0.29, 0.717) is 5.75 Å². The fourth-order valence-electron chi connectivity index (χ4n) is 1.72. The summed E-state index contributed by atoms with van der Waals surface area (Å²) in [5, 5.41) is 0. The van der Waals surface area contributed by atoms with E-state index in [0.717, 1.165) is 5.56 Å². The number of amides is 1. The van der Waals surface area contributed by atoms with Gasteiger partial charge in [0.05, 0.1) is 13.1 Å².